The predicted molar refractivity (Wildman–Crippen MR) is 71.2 cm³/mol. The van der Waals surface area contributed by atoms with Crippen molar-refractivity contribution in [2.45, 2.75) is 25.2 Å². The Hall–Kier alpha value is -0.740. The van der Waals surface area contributed by atoms with Gasteiger partial charge < -0.3 is 10.0 Å². The number of rotatable bonds is 2. The van der Waals surface area contributed by atoms with Crippen LogP contribution in [0.3, 0.4) is 0 Å². The van der Waals surface area contributed by atoms with Crippen molar-refractivity contribution in [3.05, 3.63) is 29.6 Å². The summed E-state index contributed by atoms with van der Waals surface area (Å²) in [5.74, 6) is 0.793. The van der Waals surface area contributed by atoms with E-state index in [4.69, 9.17) is 0 Å². The van der Waals surface area contributed by atoms with Gasteiger partial charge in [-0.15, -0.1) is 0 Å². The van der Waals surface area contributed by atoms with E-state index in [1.807, 2.05) is 11.8 Å². The lowest BCUT2D eigenvalue weighted by Gasteiger charge is -2.34. The second-order valence-corrected chi connectivity index (χ2v) is 6.05. The highest BCUT2D eigenvalue weighted by molar-refractivity contribution is 8.00. The molecule has 1 saturated heterocycles. The second-order valence-electron chi connectivity index (χ2n) is 4.51. The minimum absolute atomic E-state index is 0.288. The molecule has 0 spiro atoms. The van der Waals surface area contributed by atoms with E-state index in [2.05, 4.69) is 11.8 Å². The summed E-state index contributed by atoms with van der Waals surface area (Å²) >= 11 is 1.96. The Labute approximate surface area is 106 Å². The molecule has 2 rings (SSSR count). The molecule has 1 aromatic rings. The fourth-order valence-electron chi connectivity index (χ4n) is 2.19. The second kappa shape index (κ2) is 5.27. The number of nitrogens with zero attached hydrogens (tertiary/aromatic N) is 1. The lowest BCUT2D eigenvalue weighted by molar-refractivity contribution is 0.199. The van der Waals surface area contributed by atoms with Crippen LogP contribution in [0.1, 0.15) is 25.5 Å². The Morgan fingerprint density at radius 2 is 2.29 bits per heavy atom. The van der Waals surface area contributed by atoms with Crippen LogP contribution in [0.25, 0.3) is 0 Å². The van der Waals surface area contributed by atoms with Crippen molar-refractivity contribution in [1.29, 1.82) is 0 Å². The Bertz CT molecular complexity index is 397. The number of thioether (sulfide) groups is 1. The maximum absolute atomic E-state index is 13.2. The quantitative estimate of drug-likeness (QED) is 0.879. The maximum atomic E-state index is 13.2. The largest absolute Gasteiger partial charge is 0.389 e. The van der Waals surface area contributed by atoms with Crippen molar-refractivity contribution in [2.75, 3.05) is 23.7 Å². The molecule has 1 aromatic carbocycles. The molecule has 0 bridgehead atoms. The molecule has 1 aliphatic heterocycles. The van der Waals surface area contributed by atoms with Crippen molar-refractivity contribution in [3.63, 3.8) is 0 Å². The van der Waals surface area contributed by atoms with Gasteiger partial charge in [0.25, 0.3) is 0 Å². The van der Waals surface area contributed by atoms with Gasteiger partial charge in [-0.2, -0.15) is 11.8 Å². The van der Waals surface area contributed by atoms with Gasteiger partial charge in [0, 0.05) is 35.3 Å². The van der Waals surface area contributed by atoms with Crippen LogP contribution in [0.15, 0.2) is 18.2 Å². The first-order valence-electron chi connectivity index (χ1n) is 5.92. The van der Waals surface area contributed by atoms with Crippen LogP contribution < -0.4 is 4.90 Å². The molecule has 2 nitrogen and oxygen atoms in total. The molecule has 1 aliphatic rings. The predicted octanol–water partition coefficient (Wildman–Crippen LogP) is 2.82. The zero-order valence-electron chi connectivity index (χ0n) is 10.2. The molecule has 2 atom stereocenters. The molecule has 94 valence electrons. The summed E-state index contributed by atoms with van der Waals surface area (Å²) in [7, 11) is 0. The van der Waals surface area contributed by atoms with Crippen molar-refractivity contribution < 1.29 is 9.50 Å². The topological polar surface area (TPSA) is 23.5 Å². The number of hydrogen-bond donors (Lipinski definition) is 1. The zero-order valence-corrected chi connectivity index (χ0v) is 11.0. The van der Waals surface area contributed by atoms with Gasteiger partial charge in [-0.1, -0.05) is 6.92 Å². The molecule has 0 amide bonds. The Balaban J connectivity index is 2.30. The molecule has 1 heterocycles. The number of aliphatic hydroxyl groups excluding tert-OH is 1. The fourth-order valence-corrected chi connectivity index (χ4v) is 3.20. The molecular formula is C13H18FNOS. The molecule has 4 heteroatoms. The average molecular weight is 255 g/mol. The third-order valence-electron chi connectivity index (χ3n) is 3.02. The summed E-state index contributed by atoms with van der Waals surface area (Å²) < 4.78 is 13.2. The summed E-state index contributed by atoms with van der Waals surface area (Å²) in [6, 6.07) is 4.68. The van der Waals surface area contributed by atoms with Crippen molar-refractivity contribution >= 4 is 17.4 Å². The van der Waals surface area contributed by atoms with Gasteiger partial charge in [-0.3, -0.25) is 0 Å². The number of benzene rings is 1. The first-order valence-corrected chi connectivity index (χ1v) is 6.97. The summed E-state index contributed by atoms with van der Waals surface area (Å²) in [5.41, 5.74) is 1.65. The van der Waals surface area contributed by atoms with Gasteiger partial charge >= 0.3 is 0 Å². The lowest BCUT2D eigenvalue weighted by atomic mass is 10.1. The minimum Gasteiger partial charge on any atom is -0.389 e. The molecule has 0 aliphatic carbocycles. The summed E-state index contributed by atoms with van der Waals surface area (Å²) in [4.78, 5) is 2.24. The Morgan fingerprint density at radius 3 is 2.94 bits per heavy atom. The first kappa shape index (κ1) is 12.7. The summed E-state index contributed by atoms with van der Waals surface area (Å²) in [6.07, 6.45) is -0.634. The van der Waals surface area contributed by atoms with E-state index < -0.39 is 6.10 Å². The van der Waals surface area contributed by atoms with Crippen LogP contribution in [-0.4, -0.2) is 29.2 Å². The van der Waals surface area contributed by atoms with E-state index in [-0.39, 0.29) is 5.82 Å². The average Bonchev–Trinajstić information content (AvgIpc) is 2.28. The van der Waals surface area contributed by atoms with E-state index in [0.29, 0.717) is 10.8 Å². The number of anilines is 1. The molecule has 0 radical (unpaired) electrons. The molecule has 0 saturated carbocycles. The van der Waals surface area contributed by atoms with Gasteiger partial charge in [0.2, 0.25) is 0 Å². The van der Waals surface area contributed by atoms with Gasteiger partial charge in [-0.25, -0.2) is 4.39 Å². The van der Waals surface area contributed by atoms with Crippen LogP contribution in [-0.2, 0) is 0 Å². The first-order chi connectivity index (χ1) is 8.08. The van der Waals surface area contributed by atoms with Crippen molar-refractivity contribution in [2.24, 2.45) is 0 Å². The van der Waals surface area contributed by atoms with E-state index >= 15 is 0 Å². The van der Waals surface area contributed by atoms with Crippen LogP contribution in [0.2, 0.25) is 0 Å². The fraction of sp³-hybridized carbons (Fsp3) is 0.538. The third kappa shape index (κ3) is 2.93. The van der Waals surface area contributed by atoms with Gasteiger partial charge in [-0.05, 0) is 25.1 Å². The van der Waals surface area contributed by atoms with Gasteiger partial charge in [0.05, 0.1) is 6.10 Å². The monoisotopic (exact) mass is 255 g/mol. The number of halogens is 1. The molecule has 17 heavy (non-hydrogen) atoms. The van der Waals surface area contributed by atoms with E-state index in [1.165, 1.54) is 12.1 Å². The molecule has 1 N–H and O–H groups in total. The van der Waals surface area contributed by atoms with Crippen molar-refractivity contribution in [3.8, 4) is 0 Å². The van der Waals surface area contributed by atoms with Crippen LogP contribution in [0.4, 0.5) is 10.1 Å². The zero-order chi connectivity index (χ0) is 12.4. The highest BCUT2D eigenvalue weighted by atomic mass is 32.2. The highest BCUT2D eigenvalue weighted by Crippen LogP contribution is 2.30. The SMILES string of the molecule is CC1CN(c2ccc(F)cc2[C@H](C)O)CCS1. The molecule has 1 fully saturated rings. The van der Waals surface area contributed by atoms with E-state index in [1.54, 1.807) is 13.0 Å². The maximum Gasteiger partial charge on any atom is 0.123 e. The Kier molecular flexibility index (Phi) is 3.94. The van der Waals surface area contributed by atoms with E-state index in [0.717, 1.165) is 24.5 Å². The van der Waals surface area contributed by atoms with Gasteiger partial charge in [0.1, 0.15) is 5.82 Å². The highest BCUT2D eigenvalue weighted by Gasteiger charge is 2.20. The normalized spacial score (nSPS) is 22.6. The number of hydrogen-bond acceptors (Lipinski definition) is 3. The summed E-state index contributed by atoms with van der Waals surface area (Å²) in [6.45, 7) is 5.79. The van der Waals surface area contributed by atoms with Crippen LogP contribution in [0.5, 0.6) is 0 Å². The van der Waals surface area contributed by atoms with Crippen molar-refractivity contribution in [1.82, 2.24) is 0 Å². The summed E-state index contributed by atoms with van der Waals surface area (Å²) in [5, 5.41) is 10.3. The number of aliphatic hydroxyl groups is 1. The van der Waals surface area contributed by atoms with E-state index in [9.17, 15) is 9.50 Å². The smallest absolute Gasteiger partial charge is 0.123 e. The molecule has 0 aromatic heterocycles. The van der Waals surface area contributed by atoms with Crippen LogP contribution in [0, 0.1) is 5.82 Å². The molecular weight excluding hydrogens is 237 g/mol. The van der Waals surface area contributed by atoms with Crippen LogP contribution >= 0.6 is 11.8 Å². The van der Waals surface area contributed by atoms with Gasteiger partial charge in [0.15, 0.2) is 0 Å². The lowest BCUT2D eigenvalue weighted by Crippen LogP contribution is -2.37. The third-order valence-corrected chi connectivity index (χ3v) is 4.16. The Morgan fingerprint density at radius 1 is 1.53 bits per heavy atom. The minimum atomic E-state index is -0.634. The standard InChI is InChI=1S/C13H18FNOS/c1-9-8-15(5-6-17-9)13-4-3-11(14)7-12(13)10(2)16/h3-4,7,9-10,16H,5-6,8H2,1-2H3/t9?,10-/m0/s1. The molecule has 1 unspecified atom stereocenters.